The zero-order valence-electron chi connectivity index (χ0n) is 16.5. The van der Waals surface area contributed by atoms with Gasteiger partial charge in [0.05, 0.1) is 43.9 Å². The fraction of sp³-hybridized carbons (Fsp3) is 0.300. The van der Waals surface area contributed by atoms with Crippen molar-refractivity contribution in [1.29, 1.82) is 0 Å². The van der Waals surface area contributed by atoms with Crippen molar-refractivity contribution in [2.45, 2.75) is 13.1 Å². The van der Waals surface area contributed by atoms with Gasteiger partial charge in [-0.25, -0.2) is 0 Å². The molecule has 3 aromatic rings. The summed E-state index contributed by atoms with van der Waals surface area (Å²) in [5.74, 6) is 1.05. The van der Waals surface area contributed by atoms with E-state index in [0.717, 1.165) is 19.6 Å². The lowest BCUT2D eigenvalue weighted by molar-refractivity contribution is -0.914. The van der Waals surface area contributed by atoms with Crippen molar-refractivity contribution in [3.63, 3.8) is 0 Å². The Morgan fingerprint density at radius 2 is 1.93 bits per heavy atom. The number of hydrogen-bond acceptors (Lipinski definition) is 8. The molecule has 10 heteroatoms. The molecule has 1 aliphatic rings. The quantitative estimate of drug-likeness (QED) is 0.390. The first-order chi connectivity index (χ1) is 14.6. The number of aromatic nitrogens is 2. The lowest BCUT2D eigenvalue weighted by atomic mass is 10.2. The van der Waals surface area contributed by atoms with Gasteiger partial charge in [-0.2, -0.15) is 9.97 Å². The number of anilines is 3. The summed E-state index contributed by atoms with van der Waals surface area (Å²) in [6.07, 6.45) is 1.57. The second-order valence-corrected chi connectivity index (χ2v) is 7.19. The first-order valence-corrected chi connectivity index (χ1v) is 9.81. The van der Waals surface area contributed by atoms with E-state index in [2.05, 4.69) is 27.4 Å². The molecule has 0 bridgehead atoms. The van der Waals surface area contributed by atoms with Crippen LogP contribution < -0.4 is 20.9 Å². The van der Waals surface area contributed by atoms with E-state index in [1.54, 1.807) is 12.3 Å². The van der Waals surface area contributed by atoms with Crippen molar-refractivity contribution in [2.75, 3.05) is 42.1 Å². The summed E-state index contributed by atoms with van der Waals surface area (Å²) in [6.45, 7) is 4.29. The molecular formula is C20H24N7O3+. The number of nitrogens with zero attached hydrogens (tertiary/aromatic N) is 4. The number of nitrogens with one attached hydrogen (secondary N) is 2. The molecule has 0 unspecified atom stereocenters. The highest BCUT2D eigenvalue weighted by molar-refractivity contribution is 5.71. The Balaban J connectivity index is 1.48. The molecule has 1 fully saturated rings. The van der Waals surface area contributed by atoms with E-state index in [-0.39, 0.29) is 23.3 Å². The Morgan fingerprint density at radius 3 is 2.60 bits per heavy atom. The first kappa shape index (κ1) is 19.6. The van der Waals surface area contributed by atoms with Gasteiger partial charge < -0.3 is 25.3 Å². The van der Waals surface area contributed by atoms with Crippen LogP contribution in [0.5, 0.6) is 0 Å². The minimum atomic E-state index is -0.510. The molecule has 0 saturated carbocycles. The summed E-state index contributed by atoms with van der Waals surface area (Å²) in [7, 11) is 0. The van der Waals surface area contributed by atoms with Gasteiger partial charge in [-0.1, -0.05) is 30.3 Å². The molecule has 0 spiro atoms. The molecule has 0 amide bonds. The van der Waals surface area contributed by atoms with Crippen LogP contribution in [0.15, 0.2) is 53.1 Å². The van der Waals surface area contributed by atoms with E-state index in [0.29, 0.717) is 25.4 Å². The van der Waals surface area contributed by atoms with Gasteiger partial charge in [0.1, 0.15) is 12.3 Å². The van der Waals surface area contributed by atoms with Gasteiger partial charge in [0.25, 0.3) is 0 Å². The molecule has 0 atom stereocenters. The van der Waals surface area contributed by atoms with Crippen LogP contribution in [-0.2, 0) is 13.1 Å². The van der Waals surface area contributed by atoms with Gasteiger partial charge >= 0.3 is 5.69 Å². The van der Waals surface area contributed by atoms with Gasteiger partial charge in [0, 0.05) is 5.56 Å². The predicted octanol–water partition coefficient (Wildman–Crippen LogP) is 1.08. The fourth-order valence-electron chi connectivity index (χ4n) is 3.61. The average Bonchev–Trinajstić information content (AvgIpc) is 3.26. The maximum atomic E-state index is 11.6. The lowest BCUT2D eigenvalue weighted by Gasteiger charge is -2.32. The standard InChI is InChI=1S/C20H23N7O3/c21-18-17(27(28)29)19(24-20(23-18)22-13-16-7-4-12-30-16)26-10-8-25(9-11-26)14-15-5-2-1-3-6-15/h1-7,12H,8-11,13-14H2,(H3,21,22,23,24)/p+1. The first-order valence-electron chi connectivity index (χ1n) is 9.81. The zero-order chi connectivity index (χ0) is 20.9. The number of piperazine rings is 1. The van der Waals surface area contributed by atoms with E-state index in [9.17, 15) is 10.1 Å². The van der Waals surface area contributed by atoms with Crippen molar-refractivity contribution in [1.82, 2.24) is 9.97 Å². The Bertz CT molecular complexity index is 987. The van der Waals surface area contributed by atoms with Gasteiger partial charge in [-0.05, 0) is 12.1 Å². The van der Waals surface area contributed by atoms with Crippen LogP contribution in [-0.4, -0.2) is 41.1 Å². The minimum absolute atomic E-state index is 0.147. The van der Waals surface area contributed by atoms with Crippen molar-refractivity contribution in [3.8, 4) is 0 Å². The molecule has 0 radical (unpaired) electrons. The van der Waals surface area contributed by atoms with Crippen molar-refractivity contribution < 1.29 is 14.2 Å². The zero-order valence-corrected chi connectivity index (χ0v) is 16.5. The van der Waals surface area contributed by atoms with Gasteiger partial charge in [0.2, 0.25) is 17.6 Å². The monoisotopic (exact) mass is 410 g/mol. The van der Waals surface area contributed by atoms with Crippen LogP contribution in [0.25, 0.3) is 0 Å². The van der Waals surface area contributed by atoms with Crippen molar-refractivity contribution >= 4 is 23.3 Å². The molecule has 10 nitrogen and oxygen atoms in total. The largest absolute Gasteiger partial charge is 0.467 e. The second-order valence-electron chi connectivity index (χ2n) is 7.19. The number of hydrogen-bond donors (Lipinski definition) is 3. The molecule has 156 valence electrons. The van der Waals surface area contributed by atoms with E-state index in [4.69, 9.17) is 10.2 Å². The molecule has 2 aromatic heterocycles. The topological polar surface area (TPSA) is 128 Å². The van der Waals surface area contributed by atoms with Crippen LogP contribution >= 0.6 is 0 Å². The highest BCUT2D eigenvalue weighted by Crippen LogP contribution is 2.32. The molecule has 4 rings (SSSR count). The third-order valence-corrected chi connectivity index (χ3v) is 5.14. The maximum Gasteiger partial charge on any atom is 0.353 e. The summed E-state index contributed by atoms with van der Waals surface area (Å²) < 4.78 is 5.28. The SMILES string of the molecule is Nc1nc(NCc2ccco2)nc(N2CC[NH+](Cc3ccccc3)CC2)c1[N+](=O)[O-]. The molecule has 3 heterocycles. The fourth-order valence-corrected chi connectivity index (χ4v) is 3.61. The molecule has 0 aliphatic carbocycles. The Morgan fingerprint density at radius 1 is 1.17 bits per heavy atom. The number of benzene rings is 1. The molecule has 1 saturated heterocycles. The number of quaternary nitrogens is 1. The third-order valence-electron chi connectivity index (χ3n) is 5.14. The summed E-state index contributed by atoms with van der Waals surface area (Å²) >= 11 is 0. The molecule has 1 aliphatic heterocycles. The van der Waals surface area contributed by atoms with Crippen molar-refractivity contribution in [3.05, 3.63) is 70.2 Å². The van der Waals surface area contributed by atoms with Crippen LogP contribution in [0.2, 0.25) is 0 Å². The maximum absolute atomic E-state index is 11.6. The summed E-state index contributed by atoms with van der Waals surface area (Å²) in [6, 6.07) is 13.9. The normalized spacial score (nSPS) is 14.6. The molecule has 4 N–H and O–H groups in total. The van der Waals surface area contributed by atoms with Gasteiger partial charge in [-0.15, -0.1) is 0 Å². The Kier molecular flexibility index (Phi) is 5.75. The van der Waals surface area contributed by atoms with E-state index in [1.165, 1.54) is 10.5 Å². The van der Waals surface area contributed by atoms with Crippen molar-refractivity contribution in [2.24, 2.45) is 0 Å². The van der Waals surface area contributed by atoms with Crippen LogP contribution in [0.3, 0.4) is 0 Å². The predicted molar refractivity (Wildman–Crippen MR) is 112 cm³/mol. The van der Waals surface area contributed by atoms with Gasteiger partial charge in [-0.3, -0.25) is 10.1 Å². The van der Waals surface area contributed by atoms with Crippen LogP contribution in [0.4, 0.5) is 23.3 Å². The van der Waals surface area contributed by atoms with Gasteiger partial charge in [0.15, 0.2) is 0 Å². The molecule has 1 aromatic carbocycles. The molecule has 30 heavy (non-hydrogen) atoms. The van der Waals surface area contributed by atoms with E-state index < -0.39 is 4.92 Å². The molecular weight excluding hydrogens is 386 g/mol. The summed E-state index contributed by atoms with van der Waals surface area (Å²) in [4.78, 5) is 22.9. The number of furan rings is 1. The number of nitrogen functional groups attached to an aromatic ring is 1. The number of nitro groups is 1. The highest BCUT2D eigenvalue weighted by atomic mass is 16.6. The number of rotatable bonds is 7. The lowest BCUT2D eigenvalue weighted by Crippen LogP contribution is -3.13. The average molecular weight is 410 g/mol. The summed E-state index contributed by atoms with van der Waals surface area (Å²) in [5.41, 5.74) is 6.96. The Hall–Kier alpha value is -3.66. The van der Waals surface area contributed by atoms with Crippen LogP contribution in [0, 0.1) is 10.1 Å². The van der Waals surface area contributed by atoms with E-state index in [1.807, 2.05) is 29.2 Å². The smallest absolute Gasteiger partial charge is 0.353 e. The Labute approximate surface area is 173 Å². The second kappa shape index (κ2) is 8.78. The van der Waals surface area contributed by atoms with Crippen LogP contribution in [0.1, 0.15) is 11.3 Å². The highest BCUT2D eigenvalue weighted by Gasteiger charge is 2.30. The third kappa shape index (κ3) is 4.49. The van der Waals surface area contributed by atoms with E-state index >= 15 is 0 Å². The summed E-state index contributed by atoms with van der Waals surface area (Å²) in [5, 5.41) is 14.6. The number of nitrogens with two attached hydrogens (primary N) is 1. The minimum Gasteiger partial charge on any atom is -0.467 e.